The standard InChI is InChI=1S/C12H19N3O/c1-4-5-6-7-13-11-8-12(15-9-14-11)16-10(2)3/h4-5,8-10H,6-7H2,1-3H3,(H,13,14,15)/b5-4+. The fourth-order valence-corrected chi connectivity index (χ4v) is 1.19. The third-order valence-corrected chi connectivity index (χ3v) is 1.85. The molecule has 0 amide bonds. The molecule has 1 heterocycles. The summed E-state index contributed by atoms with van der Waals surface area (Å²) in [6, 6.07) is 1.82. The predicted molar refractivity (Wildman–Crippen MR) is 65.7 cm³/mol. The van der Waals surface area contributed by atoms with E-state index in [4.69, 9.17) is 4.74 Å². The lowest BCUT2D eigenvalue weighted by Gasteiger charge is -2.09. The first-order valence-electron chi connectivity index (χ1n) is 5.56. The van der Waals surface area contributed by atoms with Gasteiger partial charge in [0, 0.05) is 12.6 Å². The Hall–Kier alpha value is -1.58. The molecule has 0 aliphatic heterocycles. The Morgan fingerprint density at radius 1 is 1.44 bits per heavy atom. The molecule has 0 fully saturated rings. The minimum atomic E-state index is 0.130. The molecular formula is C12H19N3O. The molecule has 0 spiro atoms. The topological polar surface area (TPSA) is 47.0 Å². The van der Waals surface area contributed by atoms with Gasteiger partial charge in [-0.2, -0.15) is 0 Å². The molecule has 1 N–H and O–H groups in total. The number of nitrogens with zero attached hydrogens (tertiary/aromatic N) is 2. The van der Waals surface area contributed by atoms with Gasteiger partial charge in [-0.3, -0.25) is 0 Å². The molecule has 1 rings (SSSR count). The van der Waals surface area contributed by atoms with E-state index in [1.165, 1.54) is 6.33 Å². The molecule has 0 atom stereocenters. The van der Waals surface area contributed by atoms with E-state index in [1.54, 1.807) is 0 Å². The SMILES string of the molecule is C/C=C/CCNc1cc(OC(C)C)ncn1. The first-order valence-corrected chi connectivity index (χ1v) is 5.56. The van der Waals surface area contributed by atoms with E-state index in [9.17, 15) is 0 Å². The quantitative estimate of drug-likeness (QED) is 0.592. The fourth-order valence-electron chi connectivity index (χ4n) is 1.19. The van der Waals surface area contributed by atoms with Crippen LogP contribution in [0.2, 0.25) is 0 Å². The highest BCUT2D eigenvalue weighted by atomic mass is 16.5. The van der Waals surface area contributed by atoms with Gasteiger partial charge in [0.05, 0.1) is 6.10 Å². The summed E-state index contributed by atoms with van der Waals surface area (Å²) >= 11 is 0. The van der Waals surface area contributed by atoms with Crippen LogP contribution >= 0.6 is 0 Å². The van der Waals surface area contributed by atoms with E-state index in [1.807, 2.05) is 32.9 Å². The maximum atomic E-state index is 5.48. The molecule has 0 bridgehead atoms. The van der Waals surface area contributed by atoms with E-state index in [2.05, 4.69) is 21.4 Å². The molecule has 0 saturated heterocycles. The highest BCUT2D eigenvalue weighted by Crippen LogP contribution is 2.12. The number of rotatable bonds is 6. The Balaban J connectivity index is 2.47. The molecule has 4 heteroatoms. The normalized spacial score (nSPS) is 11.0. The van der Waals surface area contributed by atoms with E-state index in [0.717, 1.165) is 18.8 Å². The number of nitrogens with one attached hydrogen (secondary N) is 1. The van der Waals surface area contributed by atoms with Crippen molar-refractivity contribution >= 4 is 5.82 Å². The van der Waals surface area contributed by atoms with Crippen molar-refractivity contribution in [2.45, 2.75) is 33.3 Å². The van der Waals surface area contributed by atoms with Gasteiger partial charge in [-0.1, -0.05) is 12.2 Å². The van der Waals surface area contributed by atoms with Gasteiger partial charge >= 0.3 is 0 Å². The van der Waals surface area contributed by atoms with E-state index in [0.29, 0.717) is 5.88 Å². The molecule has 0 radical (unpaired) electrons. The smallest absolute Gasteiger partial charge is 0.218 e. The maximum absolute atomic E-state index is 5.48. The summed E-state index contributed by atoms with van der Waals surface area (Å²) in [6.07, 6.45) is 6.77. The summed E-state index contributed by atoms with van der Waals surface area (Å²) in [7, 11) is 0. The average Bonchev–Trinajstić information content (AvgIpc) is 2.24. The van der Waals surface area contributed by atoms with Crippen molar-refractivity contribution in [1.82, 2.24) is 9.97 Å². The summed E-state index contributed by atoms with van der Waals surface area (Å²) in [5.41, 5.74) is 0. The van der Waals surface area contributed by atoms with Crippen molar-refractivity contribution in [1.29, 1.82) is 0 Å². The highest BCUT2D eigenvalue weighted by Gasteiger charge is 2.00. The molecular weight excluding hydrogens is 202 g/mol. The second-order valence-corrected chi connectivity index (χ2v) is 3.69. The zero-order valence-corrected chi connectivity index (χ0v) is 10.1. The summed E-state index contributed by atoms with van der Waals surface area (Å²) in [5.74, 6) is 1.41. The van der Waals surface area contributed by atoms with Crippen molar-refractivity contribution in [3.05, 3.63) is 24.5 Å². The van der Waals surface area contributed by atoms with Crippen LogP contribution in [0, 0.1) is 0 Å². The minimum absolute atomic E-state index is 0.130. The van der Waals surface area contributed by atoms with Gasteiger partial charge in [-0.25, -0.2) is 9.97 Å². The second kappa shape index (κ2) is 6.82. The number of aromatic nitrogens is 2. The number of hydrogen-bond donors (Lipinski definition) is 1. The Bertz CT molecular complexity index is 337. The first-order chi connectivity index (χ1) is 7.72. The summed E-state index contributed by atoms with van der Waals surface area (Å²) in [4.78, 5) is 8.15. The van der Waals surface area contributed by atoms with Crippen LogP contribution in [0.25, 0.3) is 0 Å². The molecule has 16 heavy (non-hydrogen) atoms. The molecule has 88 valence electrons. The molecule has 0 saturated carbocycles. The van der Waals surface area contributed by atoms with Crippen molar-refractivity contribution < 1.29 is 4.74 Å². The largest absolute Gasteiger partial charge is 0.475 e. The second-order valence-electron chi connectivity index (χ2n) is 3.69. The first kappa shape index (κ1) is 12.5. The van der Waals surface area contributed by atoms with Crippen LogP contribution in [0.1, 0.15) is 27.2 Å². The van der Waals surface area contributed by atoms with E-state index < -0.39 is 0 Å². The van der Waals surface area contributed by atoms with Crippen LogP contribution in [0.15, 0.2) is 24.5 Å². The van der Waals surface area contributed by atoms with Gasteiger partial charge in [0.2, 0.25) is 5.88 Å². The van der Waals surface area contributed by atoms with E-state index in [-0.39, 0.29) is 6.10 Å². The maximum Gasteiger partial charge on any atom is 0.218 e. The summed E-state index contributed by atoms with van der Waals surface area (Å²) in [5, 5.41) is 3.21. The summed E-state index contributed by atoms with van der Waals surface area (Å²) in [6.45, 7) is 6.82. The molecule has 0 aliphatic rings. The van der Waals surface area contributed by atoms with Crippen LogP contribution in [0.5, 0.6) is 5.88 Å². The number of ether oxygens (including phenoxy) is 1. The van der Waals surface area contributed by atoms with Gasteiger partial charge in [0.1, 0.15) is 12.1 Å². The minimum Gasteiger partial charge on any atom is -0.475 e. The summed E-state index contributed by atoms with van der Waals surface area (Å²) < 4.78 is 5.48. The lowest BCUT2D eigenvalue weighted by atomic mass is 10.4. The van der Waals surface area contributed by atoms with Crippen LogP contribution in [-0.4, -0.2) is 22.6 Å². The third-order valence-electron chi connectivity index (χ3n) is 1.85. The molecule has 0 unspecified atom stereocenters. The zero-order valence-electron chi connectivity index (χ0n) is 10.1. The van der Waals surface area contributed by atoms with Gasteiger partial charge in [-0.05, 0) is 27.2 Å². The van der Waals surface area contributed by atoms with Crippen molar-refractivity contribution in [2.24, 2.45) is 0 Å². The Morgan fingerprint density at radius 2 is 2.25 bits per heavy atom. The van der Waals surface area contributed by atoms with Crippen molar-refractivity contribution in [3.63, 3.8) is 0 Å². The zero-order chi connectivity index (χ0) is 11.8. The fraction of sp³-hybridized carbons (Fsp3) is 0.500. The highest BCUT2D eigenvalue weighted by molar-refractivity contribution is 5.37. The van der Waals surface area contributed by atoms with Gasteiger partial charge in [-0.15, -0.1) is 0 Å². The van der Waals surface area contributed by atoms with Gasteiger partial charge in [0.15, 0.2) is 0 Å². The Morgan fingerprint density at radius 3 is 2.94 bits per heavy atom. The van der Waals surface area contributed by atoms with Crippen LogP contribution in [-0.2, 0) is 0 Å². The van der Waals surface area contributed by atoms with Gasteiger partial charge in [0.25, 0.3) is 0 Å². The predicted octanol–water partition coefficient (Wildman–Crippen LogP) is 2.64. The van der Waals surface area contributed by atoms with E-state index >= 15 is 0 Å². The van der Waals surface area contributed by atoms with Crippen molar-refractivity contribution in [2.75, 3.05) is 11.9 Å². The number of allylic oxidation sites excluding steroid dienone is 1. The Labute approximate surface area is 96.8 Å². The molecule has 1 aromatic heterocycles. The van der Waals surface area contributed by atoms with Crippen LogP contribution in [0.4, 0.5) is 5.82 Å². The molecule has 1 aromatic rings. The lowest BCUT2D eigenvalue weighted by molar-refractivity contribution is 0.232. The monoisotopic (exact) mass is 221 g/mol. The van der Waals surface area contributed by atoms with Crippen LogP contribution in [0.3, 0.4) is 0 Å². The Kier molecular flexibility index (Phi) is 5.32. The lowest BCUT2D eigenvalue weighted by Crippen LogP contribution is -2.08. The third kappa shape index (κ3) is 4.77. The van der Waals surface area contributed by atoms with Crippen LogP contribution < -0.4 is 10.1 Å². The van der Waals surface area contributed by atoms with Gasteiger partial charge < -0.3 is 10.1 Å². The van der Waals surface area contributed by atoms with Crippen molar-refractivity contribution in [3.8, 4) is 5.88 Å². The number of anilines is 1. The number of hydrogen-bond acceptors (Lipinski definition) is 4. The average molecular weight is 221 g/mol. The molecule has 0 aromatic carbocycles. The molecule has 0 aliphatic carbocycles. The molecule has 4 nitrogen and oxygen atoms in total.